The van der Waals surface area contributed by atoms with Crippen molar-refractivity contribution in [1.82, 2.24) is 19.6 Å². The van der Waals surface area contributed by atoms with Crippen LogP contribution < -0.4 is 0 Å². The van der Waals surface area contributed by atoms with E-state index in [2.05, 4.69) is 21.1 Å². The third-order valence-electron chi connectivity index (χ3n) is 2.95. The first-order chi connectivity index (χ1) is 9.50. The van der Waals surface area contributed by atoms with Crippen molar-refractivity contribution in [3.63, 3.8) is 0 Å². The van der Waals surface area contributed by atoms with E-state index in [1.54, 1.807) is 16.9 Å². The van der Waals surface area contributed by atoms with Crippen LogP contribution in [0.15, 0.2) is 24.5 Å². The van der Waals surface area contributed by atoms with Gasteiger partial charge in [-0.25, -0.2) is 4.98 Å². The highest BCUT2D eigenvalue weighted by atomic mass is 32.1. The smallest absolute Gasteiger partial charge is 0.214 e. The van der Waals surface area contributed by atoms with E-state index >= 15 is 0 Å². The van der Waals surface area contributed by atoms with Crippen LogP contribution in [0.5, 0.6) is 0 Å². The molecule has 0 aromatic carbocycles. The molecule has 5 nitrogen and oxygen atoms in total. The Morgan fingerprint density at radius 2 is 1.95 bits per heavy atom. The lowest BCUT2D eigenvalue weighted by Gasteiger charge is -2.14. The van der Waals surface area contributed by atoms with Crippen molar-refractivity contribution in [3.05, 3.63) is 35.9 Å². The zero-order valence-electron chi connectivity index (χ0n) is 11.5. The molecule has 0 radical (unpaired) electrons. The summed E-state index contributed by atoms with van der Waals surface area (Å²) in [4.78, 5) is 9.32. The van der Waals surface area contributed by atoms with Crippen molar-refractivity contribution in [2.75, 3.05) is 0 Å². The van der Waals surface area contributed by atoms with Crippen LogP contribution in [0.4, 0.5) is 0 Å². The summed E-state index contributed by atoms with van der Waals surface area (Å²) in [5.41, 5.74) is 2.12. The fraction of sp³-hybridized carbons (Fsp3) is 0.286. The molecule has 0 saturated heterocycles. The molecule has 0 amide bonds. The topological polar surface area (TPSA) is 66.9 Å². The number of hydrogen-bond donors (Lipinski definition) is 0. The van der Waals surface area contributed by atoms with Crippen LogP contribution in [0, 0.1) is 11.3 Å². The van der Waals surface area contributed by atoms with E-state index in [0.717, 1.165) is 21.2 Å². The van der Waals surface area contributed by atoms with Gasteiger partial charge in [0.1, 0.15) is 11.1 Å². The summed E-state index contributed by atoms with van der Waals surface area (Å²) in [5.74, 6) is 0. The lowest BCUT2D eigenvalue weighted by molar-refractivity contribution is 0.570. The summed E-state index contributed by atoms with van der Waals surface area (Å²) < 4.78 is 1.64. The molecule has 0 unspecified atom stereocenters. The molecular formula is C14H13N5S. The molecule has 3 heterocycles. The van der Waals surface area contributed by atoms with Gasteiger partial charge in [0.15, 0.2) is 5.69 Å². The van der Waals surface area contributed by atoms with Crippen molar-refractivity contribution in [1.29, 1.82) is 5.26 Å². The molecule has 0 N–H and O–H groups in total. The molecule has 0 saturated carbocycles. The van der Waals surface area contributed by atoms with Crippen LogP contribution in [-0.4, -0.2) is 19.6 Å². The zero-order chi connectivity index (χ0) is 14.3. The van der Waals surface area contributed by atoms with Gasteiger partial charge in [-0.1, -0.05) is 32.1 Å². The minimum atomic E-state index is -0.171. The number of hydrogen-bond acceptors (Lipinski definition) is 5. The van der Waals surface area contributed by atoms with Crippen LogP contribution in [0.1, 0.15) is 32.2 Å². The molecule has 20 heavy (non-hydrogen) atoms. The first kappa shape index (κ1) is 12.8. The third-order valence-corrected chi connectivity index (χ3v) is 3.90. The van der Waals surface area contributed by atoms with Gasteiger partial charge in [0, 0.05) is 23.4 Å². The second-order valence-electron chi connectivity index (χ2n) is 5.51. The number of imidazole rings is 1. The molecule has 6 heteroatoms. The van der Waals surface area contributed by atoms with Crippen LogP contribution >= 0.6 is 11.3 Å². The van der Waals surface area contributed by atoms with Crippen molar-refractivity contribution >= 4 is 16.3 Å². The van der Waals surface area contributed by atoms with Crippen molar-refractivity contribution in [3.8, 4) is 16.6 Å². The van der Waals surface area contributed by atoms with Gasteiger partial charge in [0.25, 0.3) is 0 Å². The molecule has 0 spiro atoms. The second-order valence-corrected chi connectivity index (χ2v) is 6.46. The maximum atomic E-state index is 9.39. The predicted octanol–water partition coefficient (Wildman–Crippen LogP) is 3.02. The van der Waals surface area contributed by atoms with Crippen LogP contribution in [-0.2, 0) is 5.41 Å². The Morgan fingerprint density at radius 3 is 2.55 bits per heavy atom. The maximum Gasteiger partial charge on any atom is 0.214 e. The summed E-state index contributed by atoms with van der Waals surface area (Å²) in [6.07, 6.45) is 3.45. The first-order valence-electron chi connectivity index (χ1n) is 6.21. The zero-order valence-corrected chi connectivity index (χ0v) is 12.3. The van der Waals surface area contributed by atoms with Crippen LogP contribution in [0.3, 0.4) is 0 Å². The first-order valence-corrected chi connectivity index (χ1v) is 7.03. The van der Waals surface area contributed by atoms with Gasteiger partial charge in [-0.2, -0.15) is 14.9 Å². The molecule has 0 aliphatic carbocycles. The number of aromatic nitrogens is 4. The highest BCUT2D eigenvalue weighted by Gasteiger charge is 2.26. The molecule has 0 fully saturated rings. The molecule has 3 aromatic heterocycles. The third kappa shape index (κ3) is 1.96. The summed E-state index contributed by atoms with van der Waals surface area (Å²) in [7, 11) is 0. The van der Waals surface area contributed by atoms with E-state index in [0.29, 0.717) is 5.69 Å². The highest BCUT2D eigenvalue weighted by molar-refractivity contribution is 7.19. The molecule has 3 aromatic rings. The van der Waals surface area contributed by atoms with Gasteiger partial charge in [-0.05, 0) is 12.1 Å². The Labute approximate surface area is 120 Å². The normalized spacial score (nSPS) is 11.7. The molecule has 0 atom stereocenters. The second kappa shape index (κ2) is 4.39. The van der Waals surface area contributed by atoms with Gasteiger partial charge in [-0.15, -0.1) is 0 Å². The van der Waals surface area contributed by atoms with E-state index in [1.165, 1.54) is 11.3 Å². The van der Waals surface area contributed by atoms with Gasteiger partial charge in [0.2, 0.25) is 4.96 Å². The van der Waals surface area contributed by atoms with E-state index in [1.807, 2.05) is 32.9 Å². The molecule has 0 aliphatic rings. The minimum Gasteiger partial charge on any atom is -0.265 e. The Morgan fingerprint density at radius 1 is 1.25 bits per heavy atom. The highest BCUT2D eigenvalue weighted by Crippen LogP contribution is 2.30. The summed E-state index contributed by atoms with van der Waals surface area (Å²) >= 11 is 1.48. The van der Waals surface area contributed by atoms with E-state index < -0.39 is 0 Å². The number of nitriles is 1. The molecule has 100 valence electrons. The summed E-state index contributed by atoms with van der Waals surface area (Å²) in [6.45, 7) is 6.14. The average molecular weight is 283 g/mol. The number of nitrogens with zero attached hydrogens (tertiary/aromatic N) is 5. The van der Waals surface area contributed by atoms with E-state index in [9.17, 15) is 5.26 Å². The fourth-order valence-electron chi connectivity index (χ4n) is 1.98. The van der Waals surface area contributed by atoms with Crippen LogP contribution in [0.2, 0.25) is 0 Å². The fourth-order valence-corrected chi connectivity index (χ4v) is 2.89. The number of rotatable bonds is 1. The maximum absolute atomic E-state index is 9.39. The summed E-state index contributed by atoms with van der Waals surface area (Å²) in [6, 6.07) is 6.02. The standard InChI is InChI=1S/C14H13N5S/c1-14(2,3)11-10(8-15)19-13(17-11)20-12(18-19)9-4-6-16-7-5-9/h4-7H,1-3H3. The average Bonchev–Trinajstić information content (AvgIpc) is 2.95. The Bertz CT molecular complexity index is 802. The SMILES string of the molecule is CC(C)(C)c1nc2sc(-c3ccncc3)nn2c1C#N. The van der Waals surface area contributed by atoms with Gasteiger partial charge < -0.3 is 0 Å². The quantitative estimate of drug-likeness (QED) is 0.688. The number of pyridine rings is 1. The lowest BCUT2D eigenvalue weighted by atomic mass is 9.91. The van der Waals surface area contributed by atoms with Gasteiger partial charge in [-0.3, -0.25) is 4.98 Å². The van der Waals surface area contributed by atoms with Gasteiger partial charge in [0.05, 0.1) is 5.69 Å². The summed E-state index contributed by atoms with van der Waals surface area (Å²) in [5, 5.41) is 14.7. The van der Waals surface area contributed by atoms with Crippen molar-refractivity contribution in [2.45, 2.75) is 26.2 Å². The molecule has 0 bridgehead atoms. The molecular weight excluding hydrogens is 270 g/mol. The Kier molecular flexibility index (Phi) is 2.80. The largest absolute Gasteiger partial charge is 0.265 e. The predicted molar refractivity (Wildman–Crippen MR) is 77.5 cm³/mol. The lowest BCUT2D eigenvalue weighted by Crippen LogP contribution is -2.14. The van der Waals surface area contributed by atoms with E-state index in [4.69, 9.17) is 0 Å². The Balaban J connectivity index is 2.20. The monoisotopic (exact) mass is 283 g/mol. The van der Waals surface area contributed by atoms with Crippen molar-refractivity contribution < 1.29 is 0 Å². The van der Waals surface area contributed by atoms with Crippen LogP contribution in [0.25, 0.3) is 15.5 Å². The Hall–Kier alpha value is -2.26. The van der Waals surface area contributed by atoms with Gasteiger partial charge >= 0.3 is 0 Å². The minimum absolute atomic E-state index is 0.171. The van der Waals surface area contributed by atoms with E-state index in [-0.39, 0.29) is 5.41 Å². The number of fused-ring (bicyclic) bond motifs is 1. The molecule has 0 aliphatic heterocycles. The van der Waals surface area contributed by atoms with Crippen molar-refractivity contribution in [2.24, 2.45) is 0 Å². The molecule has 3 rings (SSSR count).